The second kappa shape index (κ2) is 4.55. The third-order valence-electron chi connectivity index (χ3n) is 2.63. The number of benzene rings is 1. The summed E-state index contributed by atoms with van der Waals surface area (Å²) in [4.78, 5) is 13.2. The Kier molecular flexibility index (Phi) is 3.26. The number of nitrogens with zero attached hydrogens (tertiary/aromatic N) is 1. The first-order chi connectivity index (χ1) is 8.00. The molecule has 17 heavy (non-hydrogen) atoms. The van der Waals surface area contributed by atoms with E-state index < -0.39 is 6.09 Å². The number of anilines is 1. The molecule has 1 unspecified atom stereocenters. The molecule has 1 aliphatic rings. The predicted octanol–water partition coefficient (Wildman–Crippen LogP) is 2.70. The summed E-state index contributed by atoms with van der Waals surface area (Å²) in [6, 6.07) is 6.98. The van der Waals surface area contributed by atoms with Crippen LogP contribution >= 0.6 is 11.6 Å². The van der Waals surface area contributed by atoms with Gasteiger partial charge in [0, 0.05) is 17.8 Å². The third-order valence-corrected chi connectivity index (χ3v) is 2.88. The zero-order chi connectivity index (χ0) is 12.5. The van der Waals surface area contributed by atoms with E-state index in [0.29, 0.717) is 11.6 Å². The van der Waals surface area contributed by atoms with Crippen LogP contribution in [-0.4, -0.2) is 32.0 Å². The van der Waals surface area contributed by atoms with E-state index in [1.54, 1.807) is 31.3 Å². The number of epoxide rings is 1. The molecule has 0 saturated carbocycles. The van der Waals surface area contributed by atoms with Gasteiger partial charge in [-0.05, 0) is 31.2 Å². The van der Waals surface area contributed by atoms with Gasteiger partial charge in [0.25, 0.3) is 0 Å². The maximum absolute atomic E-state index is 11.7. The molecule has 1 atom stereocenters. The van der Waals surface area contributed by atoms with Gasteiger partial charge in [-0.3, -0.25) is 4.90 Å². The lowest BCUT2D eigenvalue weighted by Crippen LogP contribution is -2.30. The van der Waals surface area contributed by atoms with Crippen LogP contribution in [0.3, 0.4) is 0 Å². The summed E-state index contributed by atoms with van der Waals surface area (Å²) in [5.74, 6) is 0. The van der Waals surface area contributed by atoms with Crippen LogP contribution < -0.4 is 4.90 Å². The van der Waals surface area contributed by atoms with Crippen molar-refractivity contribution >= 4 is 23.4 Å². The van der Waals surface area contributed by atoms with Crippen LogP contribution in [-0.2, 0) is 9.47 Å². The van der Waals surface area contributed by atoms with Gasteiger partial charge in [0.2, 0.25) is 0 Å². The summed E-state index contributed by atoms with van der Waals surface area (Å²) in [6.45, 7) is 2.83. The molecule has 1 aromatic carbocycles. The van der Waals surface area contributed by atoms with Crippen molar-refractivity contribution in [2.45, 2.75) is 12.5 Å². The van der Waals surface area contributed by atoms with E-state index in [9.17, 15) is 4.79 Å². The topological polar surface area (TPSA) is 42.1 Å². The Morgan fingerprint density at radius 1 is 1.53 bits per heavy atom. The van der Waals surface area contributed by atoms with E-state index in [1.807, 2.05) is 6.92 Å². The van der Waals surface area contributed by atoms with Gasteiger partial charge in [-0.25, -0.2) is 4.79 Å². The van der Waals surface area contributed by atoms with Gasteiger partial charge in [-0.1, -0.05) is 11.6 Å². The first-order valence-corrected chi connectivity index (χ1v) is 5.68. The minimum absolute atomic E-state index is 0.281. The zero-order valence-electron chi connectivity index (χ0n) is 9.77. The van der Waals surface area contributed by atoms with E-state index in [0.717, 1.165) is 5.69 Å². The molecule has 5 heteroatoms. The molecule has 4 nitrogen and oxygen atoms in total. The average molecular weight is 256 g/mol. The van der Waals surface area contributed by atoms with Crippen molar-refractivity contribution in [1.29, 1.82) is 0 Å². The van der Waals surface area contributed by atoms with Crippen molar-refractivity contribution in [1.82, 2.24) is 0 Å². The van der Waals surface area contributed by atoms with E-state index in [1.165, 1.54) is 4.90 Å². The van der Waals surface area contributed by atoms with Gasteiger partial charge in [-0.15, -0.1) is 0 Å². The lowest BCUT2D eigenvalue weighted by Gasteiger charge is -2.17. The van der Waals surface area contributed by atoms with Crippen LogP contribution in [0.2, 0.25) is 5.02 Å². The summed E-state index contributed by atoms with van der Waals surface area (Å²) in [5, 5.41) is 0.634. The minimum atomic E-state index is -0.399. The molecule has 0 radical (unpaired) electrons. The van der Waals surface area contributed by atoms with E-state index in [-0.39, 0.29) is 12.2 Å². The largest absolute Gasteiger partial charge is 0.446 e. The van der Waals surface area contributed by atoms with E-state index in [4.69, 9.17) is 21.1 Å². The van der Waals surface area contributed by atoms with Gasteiger partial charge in [0.15, 0.2) is 0 Å². The lowest BCUT2D eigenvalue weighted by molar-refractivity contribution is 0.122. The molecule has 0 bridgehead atoms. The Bertz CT molecular complexity index is 414. The number of amides is 1. The van der Waals surface area contributed by atoms with E-state index >= 15 is 0 Å². The van der Waals surface area contributed by atoms with E-state index in [2.05, 4.69) is 0 Å². The third kappa shape index (κ3) is 3.11. The molecule has 2 rings (SSSR count). The van der Waals surface area contributed by atoms with Gasteiger partial charge < -0.3 is 9.47 Å². The molecule has 1 aromatic rings. The van der Waals surface area contributed by atoms with Crippen LogP contribution in [0, 0.1) is 0 Å². The fourth-order valence-corrected chi connectivity index (χ4v) is 1.41. The summed E-state index contributed by atoms with van der Waals surface area (Å²) < 4.78 is 10.3. The number of carbonyl (C=O) groups excluding carboxylic acids is 1. The highest BCUT2D eigenvalue weighted by Crippen LogP contribution is 2.26. The Balaban J connectivity index is 1.92. The molecule has 1 saturated heterocycles. The number of hydrogen-bond acceptors (Lipinski definition) is 3. The van der Waals surface area contributed by atoms with Crippen molar-refractivity contribution in [2.75, 3.05) is 25.2 Å². The summed E-state index contributed by atoms with van der Waals surface area (Å²) >= 11 is 5.77. The monoisotopic (exact) mass is 255 g/mol. The van der Waals surface area contributed by atoms with Crippen LogP contribution in [0.4, 0.5) is 10.5 Å². The van der Waals surface area contributed by atoms with Gasteiger partial charge in [-0.2, -0.15) is 0 Å². The average Bonchev–Trinajstić information content (AvgIpc) is 3.05. The highest BCUT2D eigenvalue weighted by atomic mass is 35.5. The molecule has 92 valence electrons. The molecular weight excluding hydrogens is 242 g/mol. The number of halogens is 1. The second-order valence-corrected chi connectivity index (χ2v) is 4.77. The highest BCUT2D eigenvalue weighted by Gasteiger charge is 2.41. The fourth-order valence-electron chi connectivity index (χ4n) is 1.29. The SMILES string of the molecule is CN(C(=O)OCC1(C)CO1)c1ccc(Cl)cc1. The Labute approximate surface area is 105 Å². The number of hydrogen-bond donors (Lipinski definition) is 0. The number of carbonyl (C=O) groups is 1. The van der Waals surface area contributed by atoms with Gasteiger partial charge >= 0.3 is 6.09 Å². The summed E-state index contributed by atoms with van der Waals surface area (Å²) in [7, 11) is 1.65. The standard InChI is InChI=1S/C12H14ClNO3/c1-12(8-17-12)7-16-11(15)14(2)10-5-3-9(13)4-6-10/h3-6H,7-8H2,1-2H3. The van der Waals surface area contributed by atoms with Crippen molar-refractivity contribution in [3.63, 3.8) is 0 Å². The molecule has 1 fully saturated rings. The van der Waals surface area contributed by atoms with Crippen molar-refractivity contribution in [2.24, 2.45) is 0 Å². The maximum atomic E-state index is 11.7. The predicted molar refractivity (Wildman–Crippen MR) is 65.6 cm³/mol. The molecule has 1 aliphatic heterocycles. The van der Waals surface area contributed by atoms with Gasteiger partial charge in [0.05, 0.1) is 6.61 Å². The van der Waals surface area contributed by atoms with Crippen LogP contribution in [0.5, 0.6) is 0 Å². The molecule has 0 spiro atoms. The molecule has 0 aliphatic carbocycles. The quantitative estimate of drug-likeness (QED) is 0.780. The van der Waals surface area contributed by atoms with Crippen LogP contribution in [0.25, 0.3) is 0 Å². The number of ether oxygens (including phenoxy) is 2. The Morgan fingerprint density at radius 2 is 2.12 bits per heavy atom. The fraction of sp³-hybridized carbons (Fsp3) is 0.417. The molecule has 0 N–H and O–H groups in total. The summed E-state index contributed by atoms with van der Waals surface area (Å²) in [6.07, 6.45) is -0.399. The Hall–Kier alpha value is -1.26. The summed E-state index contributed by atoms with van der Waals surface area (Å²) in [5.41, 5.74) is 0.456. The second-order valence-electron chi connectivity index (χ2n) is 4.33. The zero-order valence-corrected chi connectivity index (χ0v) is 10.5. The van der Waals surface area contributed by atoms with Crippen LogP contribution in [0.1, 0.15) is 6.92 Å². The normalized spacial score (nSPS) is 22.1. The van der Waals surface area contributed by atoms with Crippen LogP contribution in [0.15, 0.2) is 24.3 Å². The Morgan fingerprint density at radius 3 is 2.65 bits per heavy atom. The lowest BCUT2D eigenvalue weighted by atomic mass is 10.2. The number of rotatable bonds is 3. The highest BCUT2D eigenvalue weighted by molar-refractivity contribution is 6.30. The van der Waals surface area contributed by atoms with Gasteiger partial charge in [0.1, 0.15) is 12.2 Å². The smallest absolute Gasteiger partial charge is 0.414 e. The molecule has 1 amide bonds. The molecule has 0 aromatic heterocycles. The molecular formula is C12H14ClNO3. The van der Waals surface area contributed by atoms with Crippen molar-refractivity contribution in [3.05, 3.63) is 29.3 Å². The first-order valence-electron chi connectivity index (χ1n) is 5.30. The van der Waals surface area contributed by atoms with Crippen molar-refractivity contribution in [3.8, 4) is 0 Å². The minimum Gasteiger partial charge on any atom is -0.446 e. The first kappa shape index (κ1) is 12.2. The van der Waals surface area contributed by atoms with Crippen molar-refractivity contribution < 1.29 is 14.3 Å². The molecule has 1 heterocycles. The maximum Gasteiger partial charge on any atom is 0.414 e.